The molecule has 2 aromatic rings. The zero-order valence-electron chi connectivity index (χ0n) is 15.2. The SMILES string of the molecule is OC1(c2ccc3c(c2)CCO3)CC2CCCC(C1)N2Cc1ccccc1. The van der Waals surface area contributed by atoms with Gasteiger partial charge in [-0.2, -0.15) is 0 Å². The Morgan fingerprint density at radius 1 is 1.04 bits per heavy atom. The maximum absolute atomic E-state index is 11.6. The molecule has 3 aliphatic rings. The second-order valence-corrected chi connectivity index (χ2v) is 8.26. The van der Waals surface area contributed by atoms with Crippen molar-refractivity contribution < 1.29 is 9.84 Å². The summed E-state index contributed by atoms with van der Waals surface area (Å²) in [5, 5.41) is 11.6. The molecule has 0 aromatic heterocycles. The first-order valence-electron chi connectivity index (χ1n) is 9.99. The summed E-state index contributed by atoms with van der Waals surface area (Å²) in [5.41, 5.74) is 3.04. The van der Waals surface area contributed by atoms with Crippen LogP contribution in [0.5, 0.6) is 5.75 Å². The van der Waals surface area contributed by atoms with Crippen molar-refractivity contribution in [3.05, 3.63) is 65.2 Å². The minimum atomic E-state index is -0.694. The Morgan fingerprint density at radius 3 is 2.58 bits per heavy atom. The van der Waals surface area contributed by atoms with Crippen molar-refractivity contribution in [1.82, 2.24) is 4.90 Å². The molecule has 136 valence electrons. The molecule has 2 atom stereocenters. The molecule has 3 heterocycles. The lowest BCUT2D eigenvalue weighted by Crippen LogP contribution is -2.56. The fourth-order valence-electron chi connectivity index (χ4n) is 5.28. The number of rotatable bonds is 3. The number of ether oxygens (including phenoxy) is 1. The van der Waals surface area contributed by atoms with E-state index in [9.17, 15) is 5.11 Å². The molecule has 2 bridgehead atoms. The topological polar surface area (TPSA) is 32.7 Å². The van der Waals surface area contributed by atoms with Crippen molar-refractivity contribution in [2.24, 2.45) is 0 Å². The van der Waals surface area contributed by atoms with Crippen LogP contribution in [0.2, 0.25) is 0 Å². The summed E-state index contributed by atoms with van der Waals surface area (Å²) < 4.78 is 5.64. The number of benzene rings is 2. The van der Waals surface area contributed by atoms with Crippen LogP contribution in [0.15, 0.2) is 48.5 Å². The second-order valence-electron chi connectivity index (χ2n) is 8.26. The number of aliphatic hydroxyl groups is 1. The highest BCUT2D eigenvalue weighted by atomic mass is 16.5. The maximum atomic E-state index is 11.6. The smallest absolute Gasteiger partial charge is 0.122 e. The molecule has 0 radical (unpaired) electrons. The third kappa shape index (κ3) is 2.83. The van der Waals surface area contributed by atoms with E-state index in [1.165, 1.54) is 30.4 Å². The monoisotopic (exact) mass is 349 g/mol. The maximum Gasteiger partial charge on any atom is 0.122 e. The lowest BCUT2D eigenvalue weighted by atomic mass is 9.72. The summed E-state index contributed by atoms with van der Waals surface area (Å²) in [4.78, 5) is 2.66. The largest absolute Gasteiger partial charge is 0.493 e. The van der Waals surface area contributed by atoms with E-state index in [4.69, 9.17) is 4.74 Å². The molecule has 2 aromatic carbocycles. The molecule has 5 rings (SSSR count). The molecule has 0 spiro atoms. The Balaban J connectivity index is 1.40. The zero-order chi connectivity index (χ0) is 17.6. The van der Waals surface area contributed by atoms with Crippen LogP contribution < -0.4 is 4.74 Å². The second kappa shape index (κ2) is 6.40. The predicted molar refractivity (Wildman–Crippen MR) is 102 cm³/mol. The molecule has 2 saturated heterocycles. The van der Waals surface area contributed by atoms with Gasteiger partial charge in [-0.1, -0.05) is 42.8 Å². The van der Waals surface area contributed by atoms with Gasteiger partial charge in [-0.25, -0.2) is 0 Å². The average molecular weight is 349 g/mol. The van der Waals surface area contributed by atoms with E-state index in [2.05, 4.69) is 53.4 Å². The summed E-state index contributed by atoms with van der Waals surface area (Å²) in [5.74, 6) is 0.999. The molecule has 0 amide bonds. The Hall–Kier alpha value is -1.84. The van der Waals surface area contributed by atoms with Crippen LogP contribution in [0, 0.1) is 0 Å². The summed E-state index contributed by atoms with van der Waals surface area (Å²) in [7, 11) is 0. The fourth-order valence-corrected chi connectivity index (χ4v) is 5.28. The summed E-state index contributed by atoms with van der Waals surface area (Å²) in [6.45, 7) is 1.78. The van der Waals surface area contributed by atoms with Gasteiger partial charge in [0.1, 0.15) is 5.75 Å². The molecule has 2 fully saturated rings. The summed E-state index contributed by atoms with van der Waals surface area (Å²) in [6.07, 6.45) is 6.33. The first-order chi connectivity index (χ1) is 12.7. The van der Waals surface area contributed by atoms with Gasteiger partial charge in [0.15, 0.2) is 0 Å². The normalized spacial score (nSPS) is 30.7. The van der Waals surface area contributed by atoms with Crippen LogP contribution in [-0.4, -0.2) is 28.7 Å². The van der Waals surface area contributed by atoms with Gasteiger partial charge in [0.05, 0.1) is 12.2 Å². The van der Waals surface area contributed by atoms with Crippen LogP contribution in [0.3, 0.4) is 0 Å². The van der Waals surface area contributed by atoms with Gasteiger partial charge in [0.2, 0.25) is 0 Å². The Bertz CT molecular complexity index is 774. The number of hydrogen-bond acceptors (Lipinski definition) is 3. The van der Waals surface area contributed by atoms with Crippen molar-refractivity contribution >= 4 is 0 Å². The van der Waals surface area contributed by atoms with Crippen molar-refractivity contribution in [2.45, 2.75) is 62.8 Å². The van der Waals surface area contributed by atoms with Crippen molar-refractivity contribution in [3.8, 4) is 5.75 Å². The first kappa shape index (κ1) is 16.3. The zero-order valence-corrected chi connectivity index (χ0v) is 15.2. The Labute approximate surface area is 155 Å². The number of piperidine rings is 2. The van der Waals surface area contributed by atoms with Crippen LogP contribution >= 0.6 is 0 Å². The molecule has 3 aliphatic heterocycles. The van der Waals surface area contributed by atoms with Crippen molar-refractivity contribution in [2.75, 3.05) is 6.61 Å². The molecule has 3 heteroatoms. The molecular formula is C23H27NO2. The first-order valence-corrected chi connectivity index (χ1v) is 9.99. The third-order valence-electron chi connectivity index (χ3n) is 6.59. The van der Waals surface area contributed by atoms with Crippen molar-refractivity contribution in [3.63, 3.8) is 0 Å². The average Bonchev–Trinajstić information content (AvgIpc) is 3.11. The number of fused-ring (bicyclic) bond motifs is 3. The highest BCUT2D eigenvalue weighted by Gasteiger charge is 2.46. The van der Waals surface area contributed by atoms with E-state index in [1.807, 2.05) is 0 Å². The predicted octanol–water partition coefficient (Wildman–Crippen LogP) is 4.03. The number of hydrogen-bond donors (Lipinski definition) is 1. The van der Waals surface area contributed by atoms with Gasteiger partial charge in [-0.3, -0.25) is 4.90 Å². The van der Waals surface area contributed by atoms with Crippen LogP contribution in [-0.2, 0) is 18.6 Å². The van der Waals surface area contributed by atoms with Gasteiger partial charge in [0.25, 0.3) is 0 Å². The van der Waals surface area contributed by atoms with Gasteiger partial charge in [-0.15, -0.1) is 0 Å². The van der Waals surface area contributed by atoms with E-state index >= 15 is 0 Å². The van der Waals surface area contributed by atoms with Crippen LogP contribution in [0.25, 0.3) is 0 Å². The van der Waals surface area contributed by atoms with Gasteiger partial charge >= 0.3 is 0 Å². The van der Waals surface area contributed by atoms with Crippen LogP contribution in [0.4, 0.5) is 0 Å². The Morgan fingerprint density at radius 2 is 1.81 bits per heavy atom. The molecule has 26 heavy (non-hydrogen) atoms. The minimum Gasteiger partial charge on any atom is -0.493 e. The molecule has 3 nitrogen and oxygen atoms in total. The molecular weight excluding hydrogens is 322 g/mol. The van der Waals surface area contributed by atoms with Gasteiger partial charge in [0, 0.05) is 25.0 Å². The molecule has 0 saturated carbocycles. The highest BCUT2D eigenvalue weighted by Crippen LogP contribution is 2.45. The molecule has 1 N–H and O–H groups in total. The van der Waals surface area contributed by atoms with E-state index in [-0.39, 0.29) is 0 Å². The summed E-state index contributed by atoms with van der Waals surface area (Å²) in [6, 6.07) is 18.1. The van der Waals surface area contributed by atoms with E-state index in [1.54, 1.807) is 0 Å². The Kier molecular flexibility index (Phi) is 4.02. The lowest BCUT2D eigenvalue weighted by Gasteiger charge is -2.52. The number of nitrogens with zero attached hydrogens (tertiary/aromatic N) is 1. The lowest BCUT2D eigenvalue weighted by molar-refractivity contribution is -0.0999. The fraction of sp³-hybridized carbons (Fsp3) is 0.478. The minimum absolute atomic E-state index is 0.470. The van der Waals surface area contributed by atoms with Gasteiger partial charge in [-0.05, 0) is 54.5 Å². The molecule has 2 unspecified atom stereocenters. The van der Waals surface area contributed by atoms with Crippen molar-refractivity contribution in [1.29, 1.82) is 0 Å². The standard InChI is InChI=1S/C23H27NO2/c25-23(19-9-10-22-18(13-19)11-12-26-22)14-20-7-4-8-21(15-23)24(20)16-17-5-2-1-3-6-17/h1-3,5-6,9-10,13,20-21,25H,4,7-8,11-12,14-16H2. The van der Waals surface area contributed by atoms with Crippen LogP contribution in [0.1, 0.15) is 48.8 Å². The van der Waals surface area contributed by atoms with E-state index in [0.717, 1.165) is 43.7 Å². The summed E-state index contributed by atoms with van der Waals surface area (Å²) >= 11 is 0. The quantitative estimate of drug-likeness (QED) is 0.908. The highest BCUT2D eigenvalue weighted by molar-refractivity contribution is 5.42. The van der Waals surface area contributed by atoms with E-state index in [0.29, 0.717) is 12.1 Å². The third-order valence-corrected chi connectivity index (χ3v) is 6.59. The molecule has 0 aliphatic carbocycles. The van der Waals surface area contributed by atoms with E-state index < -0.39 is 5.60 Å². The van der Waals surface area contributed by atoms with Gasteiger partial charge < -0.3 is 9.84 Å².